The fraction of sp³-hybridized carbons (Fsp3) is 0.808. The van der Waals surface area contributed by atoms with Gasteiger partial charge in [0.25, 0.3) is 0 Å². The minimum atomic E-state index is -1.28. The molecule has 0 heterocycles. The van der Waals surface area contributed by atoms with E-state index in [-0.39, 0.29) is 63.9 Å². The van der Waals surface area contributed by atoms with Crippen molar-refractivity contribution in [3.8, 4) is 0 Å². The van der Waals surface area contributed by atoms with Crippen LogP contribution in [0.4, 0.5) is 0 Å². The quantitative estimate of drug-likeness (QED) is 0.390. The Morgan fingerprint density at radius 1 is 1.18 bits per heavy atom. The van der Waals surface area contributed by atoms with E-state index in [9.17, 15) is 19.5 Å². The third-order valence-corrected chi connectivity index (χ3v) is 12.2. The lowest BCUT2D eigenvalue weighted by Gasteiger charge is -2.65. The maximum atomic E-state index is 13.4. The van der Waals surface area contributed by atoms with E-state index in [1.54, 1.807) is 0 Å². The van der Waals surface area contributed by atoms with Gasteiger partial charge in [-0.25, -0.2) is 0 Å². The Morgan fingerprint density at radius 3 is 2.52 bits per heavy atom. The number of ketones is 2. The maximum Gasteiger partial charge on any atom is 0.309 e. The first kappa shape index (κ1) is 25.4. The van der Waals surface area contributed by atoms with Crippen molar-refractivity contribution in [3.05, 3.63) is 11.6 Å². The average Bonchev–Trinajstić information content (AvgIpc) is 2.98. The van der Waals surface area contributed by atoms with E-state index in [0.717, 1.165) is 32.1 Å². The number of allylic oxidation sites excluding steroid dienone is 1. The number of ether oxygens (including phenoxy) is 1. The van der Waals surface area contributed by atoms with Crippen molar-refractivity contribution in [3.63, 3.8) is 0 Å². The number of halogens is 2. The molecule has 0 aromatic heterocycles. The summed E-state index contributed by atoms with van der Waals surface area (Å²) in [7, 11) is 0. The standard InChI is InChI=1S/C26H36BrClO5/c1-15-11-20-19-12-16(2)26(21(31)14-28,33-22(32)6-10-29)24(19,4)8-9-25(20,27)23(3)7-5-17(30)13-18(15)23/h13,15-16,19-20,29H,5-12,14H2,1-4H3/t15-,16-,19-,20-,23-,24-,25+,26-/m0/s1. The zero-order valence-corrected chi connectivity index (χ0v) is 22.4. The monoisotopic (exact) mass is 542 g/mol. The second kappa shape index (κ2) is 8.44. The first-order valence-corrected chi connectivity index (χ1v) is 13.6. The van der Waals surface area contributed by atoms with Gasteiger partial charge in [-0.15, -0.1) is 11.6 Å². The summed E-state index contributed by atoms with van der Waals surface area (Å²) < 4.78 is 5.89. The molecule has 1 N–H and O–H groups in total. The van der Waals surface area contributed by atoms with Crippen LogP contribution in [0.15, 0.2) is 11.6 Å². The van der Waals surface area contributed by atoms with Gasteiger partial charge in [0.15, 0.2) is 17.2 Å². The molecule has 0 aliphatic heterocycles. The fourth-order valence-corrected chi connectivity index (χ4v) is 9.79. The van der Waals surface area contributed by atoms with Crippen LogP contribution in [0.5, 0.6) is 0 Å². The van der Waals surface area contributed by atoms with Crippen molar-refractivity contribution in [1.82, 2.24) is 0 Å². The summed E-state index contributed by atoms with van der Waals surface area (Å²) in [5.41, 5.74) is -0.668. The third kappa shape index (κ3) is 3.29. The highest BCUT2D eigenvalue weighted by Gasteiger charge is 2.74. The first-order valence-electron chi connectivity index (χ1n) is 12.3. The van der Waals surface area contributed by atoms with E-state index in [2.05, 4.69) is 36.7 Å². The predicted octanol–water partition coefficient (Wildman–Crippen LogP) is 5.00. The molecule has 7 heteroatoms. The molecular formula is C26H36BrClO5. The van der Waals surface area contributed by atoms with E-state index in [0.29, 0.717) is 6.42 Å². The fourth-order valence-electron chi connectivity index (χ4n) is 8.46. The van der Waals surface area contributed by atoms with Crippen LogP contribution in [-0.2, 0) is 19.1 Å². The number of aliphatic hydroxyl groups excluding tert-OH is 1. The van der Waals surface area contributed by atoms with Gasteiger partial charge in [0.2, 0.25) is 0 Å². The largest absolute Gasteiger partial charge is 0.450 e. The highest BCUT2D eigenvalue weighted by molar-refractivity contribution is 9.10. The molecule has 184 valence electrons. The van der Waals surface area contributed by atoms with Gasteiger partial charge in [0.1, 0.15) is 0 Å². The number of Topliss-reactive ketones (excluding diaryl/α,β-unsaturated/α-hetero) is 1. The van der Waals surface area contributed by atoms with Crippen LogP contribution >= 0.6 is 27.5 Å². The molecule has 33 heavy (non-hydrogen) atoms. The normalized spacial score (nSPS) is 46.6. The molecule has 4 aliphatic rings. The van der Waals surface area contributed by atoms with Crippen molar-refractivity contribution in [2.75, 3.05) is 12.5 Å². The molecule has 4 aliphatic carbocycles. The zero-order chi connectivity index (χ0) is 24.4. The van der Waals surface area contributed by atoms with Crippen molar-refractivity contribution in [2.24, 2.45) is 34.5 Å². The molecule has 0 radical (unpaired) electrons. The van der Waals surface area contributed by atoms with Crippen molar-refractivity contribution >= 4 is 45.1 Å². The van der Waals surface area contributed by atoms with E-state index >= 15 is 0 Å². The Bertz CT molecular complexity index is 903. The third-order valence-electron chi connectivity index (χ3n) is 10.1. The second-order valence-electron chi connectivity index (χ2n) is 11.4. The number of alkyl halides is 2. The number of esters is 1. The maximum absolute atomic E-state index is 13.4. The molecule has 0 aromatic rings. The van der Waals surface area contributed by atoms with E-state index in [1.807, 2.05) is 13.0 Å². The number of hydrogen-bond acceptors (Lipinski definition) is 5. The molecule has 0 aromatic carbocycles. The van der Waals surface area contributed by atoms with Gasteiger partial charge in [-0.2, -0.15) is 0 Å². The van der Waals surface area contributed by atoms with E-state index in [4.69, 9.17) is 16.3 Å². The number of rotatable bonds is 5. The van der Waals surface area contributed by atoms with E-state index < -0.39 is 17.0 Å². The molecule has 8 atom stereocenters. The van der Waals surface area contributed by atoms with Crippen LogP contribution in [-0.4, -0.2) is 45.1 Å². The summed E-state index contributed by atoms with van der Waals surface area (Å²) in [6.45, 7) is 8.34. The van der Waals surface area contributed by atoms with Gasteiger partial charge in [-0.1, -0.05) is 49.2 Å². The van der Waals surface area contributed by atoms with Crippen molar-refractivity contribution in [1.29, 1.82) is 0 Å². The Kier molecular flexibility index (Phi) is 6.49. The molecule has 0 spiro atoms. The zero-order valence-electron chi connectivity index (χ0n) is 20.1. The minimum Gasteiger partial charge on any atom is -0.450 e. The Morgan fingerprint density at radius 2 is 1.88 bits per heavy atom. The molecule has 4 rings (SSSR count). The number of carbonyl (C=O) groups excluding carboxylic acids is 3. The summed E-state index contributed by atoms with van der Waals surface area (Å²) in [6.07, 6.45) is 6.45. The van der Waals surface area contributed by atoms with Gasteiger partial charge in [0.05, 0.1) is 18.9 Å². The van der Waals surface area contributed by atoms with Crippen LogP contribution < -0.4 is 0 Å². The molecule has 3 saturated carbocycles. The predicted molar refractivity (Wildman–Crippen MR) is 130 cm³/mol. The summed E-state index contributed by atoms with van der Waals surface area (Å²) in [5, 5.41) is 9.28. The Hall–Kier alpha value is -0.720. The second-order valence-corrected chi connectivity index (χ2v) is 13.1. The van der Waals surface area contributed by atoms with Gasteiger partial charge in [0, 0.05) is 27.5 Å². The Balaban J connectivity index is 1.80. The van der Waals surface area contributed by atoms with Crippen molar-refractivity contribution in [2.45, 2.75) is 82.6 Å². The van der Waals surface area contributed by atoms with Gasteiger partial charge < -0.3 is 9.84 Å². The van der Waals surface area contributed by atoms with Gasteiger partial charge in [-0.3, -0.25) is 14.4 Å². The van der Waals surface area contributed by atoms with Crippen LogP contribution in [0, 0.1) is 34.5 Å². The first-order chi connectivity index (χ1) is 15.4. The molecular weight excluding hydrogens is 508 g/mol. The van der Waals surface area contributed by atoms with Gasteiger partial charge >= 0.3 is 5.97 Å². The molecule has 3 fully saturated rings. The SMILES string of the molecule is C[C@H]1C[C@H]2[C@@H]3C[C@H](C)[C@](OC(=O)CCO)(C(=O)CCl)[C@@]3(C)CC[C@]2(Br)[C@@]2(C)CCC(=O)C=C12. The lowest BCUT2D eigenvalue weighted by molar-refractivity contribution is -0.193. The highest BCUT2D eigenvalue weighted by atomic mass is 79.9. The molecule has 0 amide bonds. The lowest BCUT2D eigenvalue weighted by Crippen LogP contribution is -2.65. The number of carbonyl (C=O) groups is 3. The molecule has 0 bridgehead atoms. The molecule has 0 unspecified atom stereocenters. The summed E-state index contributed by atoms with van der Waals surface area (Å²) in [6, 6.07) is 0. The Labute approximate surface area is 210 Å². The van der Waals surface area contributed by atoms with Crippen LogP contribution in [0.3, 0.4) is 0 Å². The van der Waals surface area contributed by atoms with E-state index in [1.165, 1.54) is 5.57 Å². The van der Waals surface area contributed by atoms with Crippen LogP contribution in [0.2, 0.25) is 0 Å². The molecule has 5 nitrogen and oxygen atoms in total. The van der Waals surface area contributed by atoms with Gasteiger partial charge in [-0.05, 0) is 55.9 Å². The number of fused-ring (bicyclic) bond motifs is 5. The summed E-state index contributed by atoms with van der Waals surface area (Å²) >= 11 is 10.4. The number of aliphatic hydroxyl groups is 1. The van der Waals surface area contributed by atoms with Crippen LogP contribution in [0.1, 0.15) is 72.6 Å². The summed E-state index contributed by atoms with van der Waals surface area (Å²) in [4.78, 5) is 38.4. The molecule has 0 saturated heterocycles. The van der Waals surface area contributed by atoms with Crippen molar-refractivity contribution < 1.29 is 24.2 Å². The van der Waals surface area contributed by atoms with Crippen LogP contribution in [0.25, 0.3) is 0 Å². The summed E-state index contributed by atoms with van der Waals surface area (Å²) in [5.74, 6) is -0.172. The highest BCUT2D eigenvalue weighted by Crippen LogP contribution is 2.73. The number of hydrogen-bond donors (Lipinski definition) is 1. The topological polar surface area (TPSA) is 80.7 Å². The average molecular weight is 544 g/mol. The minimum absolute atomic E-state index is 0.122. The lowest BCUT2D eigenvalue weighted by atomic mass is 9.44. The smallest absolute Gasteiger partial charge is 0.309 e.